The average molecular weight is 333 g/mol. The fourth-order valence-corrected chi connectivity index (χ4v) is 3.63. The second kappa shape index (κ2) is 10.4. The Morgan fingerprint density at radius 3 is 2.57 bits per heavy atom. The lowest BCUT2D eigenvalue weighted by Gasteiger charge is -2.13. The summed E-state index contributed by atoms with van der Waals surface area (Å²) in [5.41, 5.74) is 1.02. The summed E-state index contributed by atoms with van der Waals surface area (Å²) < 4.78 is 1.82. The minimum Gasteiger partial charge on any atom is -0.188 e. The Labute approximate surface area is 144 Å². The molecule has 2 rings (SSSR count). The van der Waals surface area contributed by atoms with Gasteiger partial charge in [0.1, 0.15) is 0 Å². The number of hydrogen-bond donors (Lipinski definition) is 0. The summed E-state index contributed by atoms with van der Waals surface area (Å²) >= 11 is 1.75. The van der Waals surface area contributed by atoms with Gasteiger partial charge in [-0.15, -0.1) is 5.10 Å². The number of benzene rings is 1. The molecule has 4 nitrogen and oxygen atoms in total. The van der Waals surface area contributed by atoms with Crippen LogP contribution in [-0.2, 0) is 0 Å². The maximum atomic E-state index is 4.15. The largest absolute Gasteiger partial charge is 0.214 e. The van der Waals surface area contributed by atoms with Gasteiger partial charge in [0.05, 0.1) is 5.69 Å². The highest BCUT2D eigenvalue weighted by Crippen LogP contribution is 2.22. The maximum absolute atomic E-state index is 4.15. The van der Waals surface area contributed by atoms with Crippen LogP contribution in [-0.4, -0.2) is 26.0 Å². The minimum absolute atomic E-state index is 0.884. The molecule has 23 heavy (non-hydrogen) atoms. The lowest BCUT2D eigenvalue weighted by molar-refractivity contribution is 0.408. The predicted molar refractivity (Wildman–Crippen MR) is 97.0 cm³/mol. The van der Waals surface area contributed by atoms with E-state index in [0.717, 1.165) is 22.5 Å². The van der Waals surface area contributed by atoms with Crippen LogP contribution in [0.1, 0.15) is 58.8 Å². The van der Waals surface area contributed by atoms with E-state index >= 15 is 0 Å². The smallest absolute Gasteiger partial charge is 0.188 e. The van der Waals surface area contributed by atoms with Crippen LogP contribution in [0.4, 0.5) is 0 Å². The van der Waals surface area contributed by atoms with Gasteiger partial charge in [-0.1, -0.05) is 82.3 Å². The quantitative estimate of drug-likeness (QED) is 0.422. The van der Waals surface area contributed by atoms with Gasteiger partial charge in [-0.25, -0.2) is 0 Å². The average Bonchev–Trinajstić information content (AvgIpc) is 3.06. The molecule has 0 N–H and O–H groups in total. The first-order chi connectivity index (χ1) is 11.3. The number of nitrogens with zero attached hydrogens (tertiary/aromatic N) is 4. The number of hydrogen-bond acceptors (Lipinski definition) is 4. The van der Waals surface area contributed by atoms with Gasteiger partial charge in [0.2, 0.25) is 5.16 Å². The second-order valence-electron chi connectivity index (χ2n) is 5.97. The second-order valence-corrected chi connectivity index (χ2v) is 7.03. The third kappa shape index (κ3) is 5.98. The topological polar surface area (TPSA) is 43.6 Å². The van der Waals surface area contributed by atoms with Crippen molar-refractivity contribution in [3.05, 3.63) is 30.3 Å². The summed E-state index contributed by atoms with van der Waals surface area (Å²) in [7, 11) is 0. The zero-order valence-corrected chi connectivity index (χ0v) is 15.1. The Bertz CT molecular complexity index is 541. The van der Waals surface area contributed by atoms with Gasteiger partial charge in [-0.2, -0.15) is 4.68 Å². The molecule has 126 valence electrons. The Hall–Kier alpha value is -1.36. The molecule has 1 heterocycles. The summed E-state index contributed by atoms with van der Waals surface area (Å²) in [5.74, 6) is 1.99. The fraction of sp³-hybridized carbons (Fsp3) is 0.611. The number of unbranched alkanes of at least 4 members (excludes halogenated alkanes) is 2. The summed E-state index contributed by atoms with van der Waals surface area (Å²) in [5, 5.41) is 12.9. The Balaban J connectivity index is 1.72. The molecule has 0 radical (unpaired) electrons. The van der Waals surface area contributed by atoms with E-state index in [4.69, 9.17) is 0 Å². The van der Waals surface area contributed by atoms with Crippen LogP contribution < -0.4 is 0 Å². The van der Waals surface area contributed by atoms with Crippen molar-refractivity contribution in [2.75, 3.05) is 5.75 Å². The van der Waals surface area contributed by atoms with Gasteiger partial charge < -0.3 is 0 Å². The zero-order valence-electron chi connectivity index (χ0n) is 14.3. The normalized spacial score (nSPS) is 12.4. The molecule has 0 saturated carbocycles. The maximum Gasteiger partial charge on any atom is 0.214 e. The van der Waals surface area contributed by atoms with E-state index in [-0.39, 0.29) is 0 Å². The van der Waals surface area contributed by atoms with Crippen LogP contribution in [0.2, 0.25) is 0 Å². The first-order valence-corrected chi connectivity index (χ1v) is 9.80. The van der Waals surface area contributed by atoms with Crippen LogP contribution in [0.25, 0.3) is 5.69 Å². The van der Waals surface area contributed by atoms with Crippen LogP contribution in [0, 0.1) is 5.92 Å². The van der Waals surface area contributed by atoms with Gasteiger partial charge in [0.25, 0.3) is 0 Å². The van der Waals surface area contributed by atoms with Crippen molar-refractivity contribution in [1.29, 1.82) is 0 Å². The van der Waals surface area contributed by atoms with Crippen molar-refractivity contribution < 1.29 is 0 Å². The van der Waals surface area contributed by atoms with E-state index in [1.54, 1.807) is 11.8 Å². The van der Waals surface area contributed by atoms with E-state index in [1.165, 1.54) is 44.9 Å². The molecule has 1 unspecified atom stereocenters. The zero-order chi connectivity index (χ0) is 16.3. The Morgan fingerprint density at radius 2 is 1.83 bits per heavy atom. The predicted octanol–water partition coefficient (Wildman–Crippen LogP) is 5.14. The molecule has 0 aliphatic heterocycles. The van der Waals surface area contributed by atoms with Crippen molar-refractivity contribution in [1.82, 2.24) is 20.2 Å². The minimum atomic E-state index is 0.884. The third-order valence-corrected chi connectivity index (χ3v) is 5.23. The summed E-state index contributed by atoms with van der Waals surface area (Å²) in [6.07, 6.45) is 9.30. The Morgan fingerprint density at radius 1 is 1.04 bits per heavy atom. The first-order valence-electron chi connectivity index (χ1n) is 8.81. The van der Waals surface area contributed by atoms with Crippen LogP contribution in [0.5, 0.6) is 0 Å². The summed E-state index contributed by atoms with van der Waals surface area (Å²) in [6.45, 7) is 4.60. The molecular formula is C18H28N4S. The molecular weight excluding hydrogens is 304 g/mol. The summed E-state index contributed by atoms with van der Waals surface area (Å²) in [4.78, 5) is 0. The van der Waals surface area contributed by atoms with Gasteiger partial charge in [0.15, 0.2) is 0 Å². The Kier molecular flexibility index (Phi) is 8.15. The number of tetrazole rings is 1. The molecule has 0 bridgehead atoms. The molecule has 1 aromatic heterocycles. The van der Waals surface area contributed by atoms with E-state index < -0.39 is 0 Å². The first kappa shape index (κ1) is 18.0. The third-order valence-electron chi connectivity index (χ3n) is 4.22. The van der Waals surface area contributed by atoms with E-state index in [2.05, 4.69) is 29.4 Å². The molecule has 0 amide bonds. The molecule has 1 aromatic carbocycles. The van der Waals surface area contributed by atoms with Crippen molar-refractivity contribution in [3.8, 4) is 5.69 Å². The fourth-order valence-electron chi connectivity index (χ4n) is 2.74. The van der Waals surface area contributed by atoms with E-state index in [9.17, 15) is 0 Å². The number of thioether (sulfide) groups is 1. The molecule has 0 aliphatic rings. The van der Waals surface area contributed by atoms with Crippen molar-refractivity contribution >= 4 is 11.8 Å². The van der Waals surface area contributed by atoms with Crippen LogP contribution >= 0.6 is 11.8 Å². The van der Waals surface area contributed by atoms with Crippen molar-refractivity contribution in [3.63, 3.8) is 0 Å². The highest BCUT2D eigenvalue weighted by atomic mass is 32.2. The van der Waals surface area contributed by atoms with Crippen molar-refractivity contribution in [2.45, 2.75) is 63.9 Å². The molecule has 0 spiro atoms. The molecule has 0 aliphatic carbocycles. The molecule has 0 saturated heterocycles. The molecule has 0 fully saturated rings. The highest BCUT2D eigenvalue weighted by Gasteiger charge is 2.09. The van der Waals surface area contributed by atoms with Crippen LogP contribution in [0.3, 0.4) is 0 Å². The van der Waals surface area contributed by atoms with Gasteiger partial charge in [-0.05, 0) is 34.9 Å². The number of rotatable bonds is 11. The van der Waals surface area contributed by atoms with Gasteiger partial charge >= 0.3 is 0 Å². The van der Waals surface area contributed by atoms with E-state index in [1.807, 2.05) is 35.0 Å². The monoisotopic (exact) mass is 332 g/mol. The SMILES string of the molecule is CCCCC(CC)CCCCSc1nnnn1-c1ccccc1. The van der Waals surface area contributed by atoms with Crippen molar-refractivity contribution in [2.24, 2.45) is 5.92 Å². The molecule has 5 heteroatoms. The molecule has 2 aromatic rings. The number of aromatic nitrogens is 4. The number of para-hydroxylation sites is 1. The van der Waals surface area contributed by atoms with Gasteiger partial charge in [0, 0.05) is 5.75 Å². The lowest BCUT2D eigenvalue weighted by atomic mass is 9.94. The highest BCUT2D eigenvalue weighted by molar-refractivity contribution is 7.99. The van der Waals surface area contributed by atoms with Crippen LogP contribution in [0.15, 0.2) is 35.5 Å². The van der Waals surface area contributed by atoms with Gasteiger partial charge in [-0.3, -0.25) is 0 Å². The molecule has 1 atom stereocenters. The standard InChI is InChI=1S/C18H28N4S/c1-3-5-11-16(4-2)12-9-10-15-23-18-19-20-21-22(18)17-13-7-6-8-14-17/h6-8,13-14,16H,3-5,9-12,15H2,1-2H3. The lowest BCUT2D eigenvalue weighted by Crippen LogP contribution is -2.00. The van der Waals surface area contributed by atoms with E-state index in [0.29, 0.717) is 0 Å². The summed E-state index contributed by atoms with van der Waals surface area (Å²) in [6, 6.07) is 10.1.